The molecular weight excluding hydrogens is 361 g/mol. The number of halogens is 3. The zero-order valence-electron chi connectivity index (χ0n) is 14.6. The minimum Gasteiger partial charge on any atom is -0.315 e. The summed E-state index contributed by atoms with van der Waals surface area (Å²) in [6, 6.07) is 5.89. The molecule has 26 heavy (non-hydrogen) atoms. The fraction of sp³-hybridized carbons (Fsp3) is 0.556. The van der Waals surface area contributed by atoms with Crippen molar-refractivity contribution in [2.24, 2.45) is 0 Å². The van der Waals surface area contributed by atoms with E-state index in [4.69, 9.17) is 17.3 Å². The van der Waals surface area contributed by atoms with E-state index in [1.165, 1.54) is 25.7 Å². The third-order valence-electron chi connectivity index (χ3n) is 4.96. The van der Waals surface area contributed by atoms with Gasteiger partial charge in [-0.3, -0.25) is 0 Å². The smallest absolute Gasteiger partial charge is 0.315 e. The minimum atomic E-state index is -4.29. The van der Waals surface area contributed by atoms with Crippen LogP contribution in [0.2, 0.25) is 0 Å². The molecular formula is C18H22F3N4S+. The Morgan fingerprint density at radius 3 is 2.35 bits per heavy atom. The molecule has 0 amide bonds. The molecule has 8 heteroatoms. The predicted molar refractivity (Wildman–Crippen MR) is 93.3 cm³/mol. The van der Waals surface area contributed by atoms with Gasteiger partial charge in [-0.2, -0.15) is 23.0 Å². The van der Waals surface area contributed by atoms with Gasteiger partial charge in [0, 0.05) is 17.5 Å². The van der Waals surface area contributed by atoms with Gasteiger partial charge in [0.2, 0.25) is 4.77 Å². The molecule has 140 valence electrons. The molecule has 2 saturated carbocycles. The molecule has 0 radical (unpaired) electrons. The minimum absolute atomic E-state index is 0.516. The van der Waals surface area contributed by atoms with Gasteiger partial charge >= 0.3 is 6.18 Å². The maximum absolute atomic E-state index is 12.7. The molecule has 1 N–H and O–H groups in total. The lowest BCUT2D eigenvalue weighted by Gasteiger charge is -2.14. The summed E-state index contributed by atoms with van der Waals surface area (Å²) in [4.78, 5) is 1.13. The molecule has 1 atom stereocenters. The first kappa shape index (κ1) is 17.7. The molecule has 1 heterocycles. The second kappa shape index (κ2) is 6.49. The average molecular weight is 383 g/mol. The Balaban J connectivity index is 1.46. The Hall–Kier alpha value is -1.67. The fourth-order valence-electron chi connectivity index (χ4n) is 3.31. The van der Waals surface area contributed by atoms with Crippen LogP contribution in [0.1, 0.15) is 54.6 Å². The van der Waals surface area contributed by atoms with Gasteiger partial charge in [-0.15, -0.1) is 0 Å². The quantitative estimate of drug-likeness (QED) is 0.775. The molecule has 2 aliphatic carbocycles. The van der Waals surface area contributed by atoms with Crippen molar-refractivity contribution in [3.63, 3.8) is 0 Å². The van der Waals surface area contributed by atoms with Crippen LogP contribution in [-0.4, -0.2) is 21.4 Å². The maximum Gasteiger partial charge on any atom is 0.416 e. The molecule has 4 nitrogen and oxygen atoms in total. The molecule has 0 bridgehead atoms. The highest BCUT2D eigenvalue weighted by Gasteiger charge is 2.36. The van der Waals surface area contributed by atoms with E-state index in [0.717, 1.165) is 33.2 Å². The summed E-state index contributed by atoms with van der Waals surface area (Å²) in [6.07, 6.45) is 0.431. The molecule has 2 fully saturated rings. The van der Waals surface area contributed by atoms with Crippen LogP contribution in [0.25, 0.3) is 0 Å². The number of hydrogen-bond acceptors (Lipinski definition) is 2. The lowest BCUT2D eigenvalue weighted by Crippen LogP contribution is -3.07. The highest BCUT2D eigenvalue weighted by molar-refractivity contribution is 7.71. The van der Waals surface area contributed by atoms with Gasteiger partial charge in [-0.1, -0.05) is 12.1 Å². The maximum atomic E-state index is 12.7. The number of benzene rings is 1. The third-order valence-corrected chi connectivity index (χ3v) is 5.37. The number of rotatable bonds is 6. The van der Waals surface area contributed by atoms with Crippen molar-refractivity contribution >= 4 is 12.2 Å². The zero-order chi connectivity index (χ0) is 18.5. The van der Waals surface area contributed by atoms with E-state index in [1.54, 1.807) is 12.1 Å². The van der Waals surface area contributed by atoms with Crippen molar-refractivity contribution < 1.29 is 18.1 Å². The second-order valence-electron chi connectivity index (χ2n) is 7.50. The molecule has 1 aromatic heterocycles. The van der Waals surface area contributed by atoms with E-state index in [2.05, 4.69) is 4.57 Å². The molecule has 0 spiro atoms. The Morgan fingerprint density at radius 1 is 1.15 bits per heavy atom. The van der Waals surface area contributed by atoms with Gasteiger partial charge in [-0.25, -0.2) is 0 Å². The first-order valence-corrected chi connectivity index (χ1v) is 9.40. The van der Waals surface area contributed by atoms with Gasteiger partial charge in [0.15, 0.2) is 6.67 Å². The van der Waals surface area contributed by atoms with E-state index < -0.39 is 11.7 Å². The summed E-state index contributed by atoms with van der Waals surface area (Å²) in [5.41, 5.74) is 0.254. The third kappa shape index (κ3) is 3.71. The van der Waals surface area contributed by atoms with Crippen LogP contribution in [0.5, 0.6) is 0 Å². The number of quaternary nitrogens is 1. The van der Waals surface area contributed by atoms with Gasteiger partial charge in [0.25, 0.3) is 0 Å². The van der Waals surface area contributed by atoms with E-state index >= 15 is 0 Å². The lowest BCUT2D eigenvalue weighted by molar-refractivity contribution is -0.917. The molecule has 2 aliphatic rings. The Morgan fingerprint density at radius 2 is 1.81 bits per heavy atom. The van der Waals surface area contributed by atoms with E-state index in [9.17, 15) is 13.2 Å². The van der Waals surface area contributed by atoms with Crippen LogP contribution in [0, 0.1) is 4.77 Å². The molecule has 4 rings (SSSR count). The molecule has 1 aromatic carbocycles. The summed E-state index contributed by atoms with van der Waals surface area (Å²) in [7, 11) is 2.01. The SMILES string of the molecule is C[NH+](Cc1ccc(C(F)(F)F)cc1)Cn1nc(C2CC2)n(C2CC2)c1=S. The first-order chi connectivity index (χ1) is 12.3. The summed E-state index contributed by atoms with van der Waals surface area (Å²) in [5.74, 6) is 1.67. The van der Waals surface area contributed by atoms with E-state index in [0.29, 0.717) is 25.2 Å². The monoisotopic (exact) mass is 383 g/mol. The van der Waals surface area contributed by atoms with E-state index in [1.807, 2.05) is 11.7 Å². The first-order valence-electron chi connectivity index (χ1n) is 8.99. The fourth-order valence-corrected chi connectivity index (χ4v) is 3.66. The Kier molecular flexibility index (Phi) is 4.43. The van der Waals surface area contributed by atoms with Gasteiger partial charge in [0.1, 0.15) is 12.4 Å². The van der Waals surface area contributed by atoms with Crippen molar-refractivity contribution in [3.05, 3.63) is 46.0 Å². The van der Waals surface area contributed by atoms with Crippen LogP contribution < -0.4 is 4.90 Å². The van der Waals surface area contributed by atoms with Crippen molar-refractivity contribution in [2.75, 3.05) is 7.05 Å². The summed E-state index contributed by atoms with van der Waals surface area (Å²) < 4.78 is 42.9. The van der Waals surface area contributed by atoms with Crippen molar-refractivity contribution in [2.45, 2.75) is 57.0 Å². The van der Waals surface area contributed by atoms with E-state index in [-0.39, 0.29) is 0 Å². The molecule has 0 saturated heterocycles. The van der Waals surface area contributed by atoms with Crippen LogP contribution >= 0.6 is 12.2 Å². The normalized spacial score (nSPS) is 18.9. The predicted octanol–water partition coefficient (Wildman–Crippen LogP) is 3.32. The number of alkyl halides is 3. The zero-order valence-corrected chi connectivity index (χ0v) is 15.4. The van der Waals surface area contributed by atoms with Crippen LogP contribution in [0.15, 0.2) is 24.3 Å². The Labute approximate surface area is 155 Å². The largest absolute Gasteiger partial charge is 0.416 e. The van der Waals surface area contributed by atoms with Crippen molar-refractivity contribution in [1.82, 2.24) is 14.3 Å². The molecule has 1 unspecified atom stereocenters. The number of hydrogen-bond donors (Lipinski definition) is 1. The second-order valence-corrected chi connectivity index (χ2v) is 7.87. The van der Waals surface area contributed by atoms with Gasteiger partial charge in [0.05, 0.1) is 12.6 Å². The number of nitrogens with one attached hydrogen (secondary N) is 1. The van der Waals surface area contributed by atoms with Gasteiger partial charge < -0.3 is 9.47 Å². The lowest BCUT2D eigenvalue weighted by atomic mass is 10.1. The summed E-state index contributed by atoms with van der Waals surface area (Å²) >= 11 is 5.64. The molecule has 2 aromatic rings. The molecule has 0 aliphatic heterocycles. The average Bonchev–Trinajstić information content (AvgIpc) is 3.47. The Bertz CT molecular complexity index is 845. The van der Waals surface area contributed by atoms with Gasteiger partial charge in [-0.05, 0) is 50.0 Å². The van der Waals surface area contributed by atoms with Crippen LogP contribution in [0.3, 0.4) is 0 Å². The standard InChI is InChI=1S/C18H21F3N4S/c1-23(10-12-2-6-14(7-3-12)18(19,20)21)11-24-17(26)25(15-8-9-15)16(22-24)13-4-5-13/h2-3,6-7,13,15H,4-5,8-11H2,1H3/p+1. The number of aromatic nitrogens is 3. The van der Waals surface area contributed by atoms with Crippen LogP contribution in [-0.2, 0) is 19.4 Å². The summed E-state index contributed by atoms with van der Waals surface area (Å²) in [6.45, 7) is 1.23. The highest BCUT2D eigenvalue weighted by atomic mass is 32.1. The summed E-state index contributed by atoms with van der Waals surface area (Å²) in [5, 5.41) is 4.77. The van der Waals surface area contributed by atoms with Crippen molar-refractivity contribution in [1.29, 1.82) is 0 Å². The topological polar surface area (TPSA) is 27.2 Å². The highest BCUT2D eigenvalue weighted by Crippen LogP contribution is 2.44. The van der Waals surface area contributed by atoms with Crippen molar-refractivity contribution in [3.8, 4) is 0 Å². The number of nitrogens with zero attached hydrogens (tertiary/aromatic N) is 3. The van der Waals surface area contributed by atoms with Crippen LogP contribution in [0.4, 0.5) is 13.2 Å².